The van der Waals surface area contributed by atoms with Gasteiger partial charge in [0.1, 0.15) is 23.5 Å². The van der Waals surface area contributed by atoms with Gasteiger partial charge in [-0.15, -0.1) is 0 Å². The normalized spacial score (nSPS) is 11.9. The molecule has 0 aliphatic carbocycles. The molecule has 142 valence electrons. The summed E-state index contributed by atoms with van der Waals surface area (Å²) in [6, 6.07) is 4.27. The van der Waals surface area contributed by atoms with E-state index in [0.717, 1.165) is 12.8 Å². The highest BCUT2D eigenvalue weighted by Crippen LogP contribution is 2.40. The highest BCUT2D eigenvalue weighted by Gasteiger charge is 2.16. The Morgan fingerprint density at radius 1 is 1.04 bits per heavy atom. The van der Waals surface area contributed by atoms with Gasteiger partial charge in [0.2, 0.25) is 5.75 Å². The molecule has 0 saturated carbocycles. The lowest BCUT2D eigenvalue weighted by atomic mass is 10.1. The van der Waals surface area contributed by atoms with Gasteiger partial charge in [-0.25, -0.2) is 4.79 Å². The molecule has 6 nitrogen and oxygen atoms in total. The van der Waals surface area contributed by atoms with Crippen molar-refractivity contribution in [2.24, 2.45) is 0 Å². The fourth-order valence-corrected chi connectivity index (χ4v) is 2.78. The largest absolute Gasteiger partial charge is 0.501 e. The standard InChI is InChI=1S/C21H22O6/c1-12(2)5-4-6-13(3)7-8-25-16-11-19(22)26-17-10-18-15(9-14(16)17)20(23)21(24)27-18/h5,7,9-11,23-24H,4,6,8H2,1-3H3/b13-7+. The van der Waals surface area contributed by atoms with Crippen LogP contribution in [0.4, 0.5) is 0 Å². The lowest BCUT2D eigenvalue weighted by molar-refractivity contribution is 0.316. The predicted molar refractivity (Wildman–Crippen MR) is 104 cm³/mol. The molecule has 0 aliphatic rings. The average molecular weight is 370 g/mol. The van der Waals surface area contributed by atoms with E-state index < -0.39 is 11.6 Å². The first-order valence-corrected chi connectivity index (χ1v) is 8.69. The van der Waals surface area contributed by atoms with E-state index in [0.29, 0.717) is 23.1 Å². The van der Waals surface area contributed by atoms with Gasteiger partial charge in [-0.05, 0) is 45.8 Å². The van der Waals surface area contributed by atoms with Gasteiger partial charge in [0.05, 0.1) is 16.8 Å². The first-order valence-electron chi connectivity index (χ1n) is 8.69. The summed E-state index contributed by atoms with van der Waals surface area (Å²) in [5.74, 6) is -0.601. The number of aromatic hydroxyl groups is 2. The van der Waals surface area contributed by atoms with Crippen molar-refractivity contribution in [3.8, 4) is 17.4 Å². The predicted octanol–water partition coefficient (Wildman–Crippen LogP) is 5.02. The second kappa shape index (κ2) is 7.61. The molecular formula is C21H22O6. The molecule has 0 radical (unpaired) electrons. The molecule has 0 amide bonds. The Balaban J connectivity index is 1.86. The van der Waals surface area contributed by atoms with Crippen molar-refractivity contribution in [3.05, 3.63) is 51.9 Å². The Morgan fingerprint density at radius 3 is 2.52 bits per heavy atom. The van der Waals surface area contributed by atoms with Crippen LogP contribution in [-0.2, 0) is 0 Å². The second-order valence-corrected chi connectivity index (χ2v) is 6.71. The van der Waals surface area contributed by atoms with Crippen LogP contribution in [0.2, 0.25) is 0 Å². The second-order valence-electron chi connectivity index (χ2n) is 6.71. The lowest BCUT2D eigenvalue weighted by Gasteiger charge is -2.07. The highest BCUT2D eigenvalue weighted by atomic mass is 16.5. The number of furan rings is 1. The Kier molecular flexibility index (Phi) is 5.26. The Hall–Kier alpha value is -3.15. The maximum Gasteiger partial charge on any atom is 0.339 e. The van der Waals surface area contributed by atoms with E-state index in [1.807, 2.05) is 13.0 Å². The topological polar surface area (TPSA) is 93.0 Å². The summed E-state index contributed by atoms with van der Waals surface area (Å²) < 4.78 is 16.0. The van der Waals surface area contributed by atoms with Crippen molar-refractivity contribution in [3.63, 3.8) is 0 Å². The number of benzene rings is 1. The molecule has 27 heavy (non-hydrogen) atoms. The first kappa shape index (κ1) is 18.6. The summed E-state index contributed by atoms with van der Waals surface area (Å²) in [5, 5.41) is 20.2. The van der Waals surface area contributed by atoms with Crippen LogP contribution < -0.4 is 10.4 Å². The number of rotatable bonds is 6. The van der Waals surface area contributed by atoms with E-state index in [1.54, 1.807) is 6.07 Å². The summed E-state index contributed by atoms with van der Waals surface area (Å²) in [5.41, 5.74) is 2.40. The monoisotopic (exact) mass is 370 g/mol. The van der Waals surface area contributed by atoms with Crippen LogP contribution in [0.25, 0.3) is 21.9 Å². The van der Waals surface area contributed by atoms with Crippen LogP contribution in [0.3, 0.4) is 0 Å². The lowest BCUT2D eigenvalue weighted by Crippen LogP contribution is -2.02. The SMILES string of the molecule is CC(C)=CCC/C(C)=C/COc1cc(=O)oc2cc3oc(O)c(O)c3cc12. The zero-order chi connectivity index (χ0) is 19.6. The summed E-state index contributed by atoms with van der Waals surface area (Å²) in [6.45, 7) is 6.49. The number of hydrogen-bond acceptors (Lipinski definition) is 6. The van der Waals surface area contributed by atoms with Crippen LogP contribution in [0.5, 0.6) is 17.4 Å². The van der Waals surface area contributed by atoms with Gasteiger partial charge in [0.25, 0.3) is 0 Å². The Labute approximate surface area is 156 Å². The van der Waals surface area contributed by atoms with E-state index in [1.165, 1.54) is 23.3 Å². The molecule has 0 aliphatic heterocycles. The fraction of sp³-hybridized carbons (Fsp3) is 0.286. The van der Waals surface area contributed by atoms with Gasteiger partial charge < -0.3 is 23.8 Å². The average Bonchev–Trinajstić information content (AvgIpc) is 2.86. The van der Waals surface area contributed by atoms with Crippen LogP contribution in [-0.4, -0.2) is 16.8 Å². The molecule has 1 aromatic carbocycles. The van der Waals surface area contributed by atoms with Crippen molar-refractivity contribution in [2.45, 2.75) is 33.6 Å². The van der Waals surface area contributed by atoms with Crippen molar-refractivity contribution in [1.82, 2.24) is 0 Å². The van der Waals surface area contributed by atoms with Gasteiger partial charge in [0, 0.05) is 6.07 Å². The molecule has 0 bridgehead atoms. The summed E-state index contributed by atoms with van der Waals surface area (Å²) in [6.07, 6.45) is 6.07. The van der Waals surface area contributed by atoms with Crippen LogP contribution >= 0.6 is 0 Å². The molecule has 0 spiro atoms. The minimum atomic E-state index is -0.583. The van der Waals surface area contributed by atoms with E-state index >= 15 is 0 Å². The molecule has 0 fully saturated rings. The Morgan fingerprint density at radius 2 is 1.78 bits per heavy atom. The molecule has 0 atom stereocenters. The summed E-state index contributed by atoms with van der Waals surface area (Å²) in [7, 11) is 0. The number of hydrogen-bond donors (Lipinski definition) is 2. The molecule has 2 aromatic heterocycles. The van der Waals surface area contributed by atoms with Crippen LogP contribution in [0, 0.1) is 0 Å². The van der Waals surface area contributed by atoms with E-state index in [4.69, 9.17) is 13.6 Å². The number of fused-ring (bicyclic) bond motifs is 2. The van der Waals surface area contributed by atoms with E-state index in [2.05, 4.69) is 19.9 Å². The molecule has 2 heterocycles. The molecule has 2 N–H and O–H groups in total. The van der Waals surface area contributed by atoms with Gasteiger partial charge in [0.15, 0.2) is 0 Å². The number of ether oxygens (including phenoxy) is 1. The zero-order valence-electron chi connectivity index (χ0n) is 15.5. The van der Waals surface area contributed by atoms with Gasteiger partial charge in [-0.1, -0.05) is 17.2 Å². The van der Waals surface area contributed by atoms with Gasteiger partial charge in [-0.2, -0.15) is 0 Å². The molecule has 3 aromatic rings. The third kappa shape index (κ3) is 4.16. The third-order valence-corrected chi connectivity index (χ3v) is 4.23. The minimum absolute atomic E-state index is 0.216. The van der Waals surface area contributed by atoms with Crippen molar-refractivity contribution >= 4 is 21.9 Å². The minimum Gasteiger partial charge on any atom is -0.501 e. The molecule has 3 rings (SSSR count). The van der Waals surface area contributed by atoms with Crippen molar-refractivity contribution in [1.29, 1.82) is 0 Å². The molecular weight excluding hydrogens is 348 g/mol. The van der Waals surface area contributed by atoms with E-state index in [-0.39, 0.29) is 16.9 Å². The Bertz CT molecular complexity index is 1090. The molecule has 0 unspecified atom stereocenters. The molecule has 0 saturated heterocycles. The molecule has 6 heteroatoms. The summed E-state index contributed by atoms with van der Waals surface area (Å²) >= 11 is 0. The van der Waals surface area contributed by atoms with Gasteiger partial charge >= 0.3 is 11.6 Å². The maximum atomic E-state index is 11.8. The first-order chi connectivity index (χ1) is 12.8. The summed E-state index contributed by atoms with van der Waals surface area (Å²) in [4.78, 5) is 11.8. The quantitative estimate of drug-likeness (QED) is 0.467. The number of allylic oxidation sites excluding steroid dienone is 3. The fourth-order valence-electron chi connectivity index (χ4n) is 2.78. The third-order valence-electron chi connectivity index (χ3n) is 4.23. The smallest absolute Gasteiger partial charge is 0.339 e. The highest BCUT2D eigenvalue weighted by molar-refractivity contribution is 5.99. The van der Waals surface area contributed by atoms with Crippen LogP contribution in [0.1, 0.15) is 33.6 Å². The van der Waals surface area contributed by atoms with Gasteiger partial charge in [-0.3, -0.25) is 0 Å². The van der Waals surface area contributed by atoms with Crippen LogP contribution in [0.15, 0.2) is 55.1 Å². The maximum absolute atomic E-state index is 11.8. The zero-order valence-corrected chi connectivity index (χ0v) is 15.5. The van der Waals surface area contributed by atoms with Crippen molar-refractivity contribution in [2.75, 3.05) is 6.61 Å². The van der Waals surface area contributed by atoms with E-state index in [9.17, 15) is 15.0 Å². The van der Waals surface area contributed by atoms with Crippen molar-refractivity contribution < 1.29 is 23.8 Å².